The van der Waals surface area contributed by atoms with Crippen LogP contribution in [0.2, 0.25) is 5.02 Å². The largest absolute Gasteiger partial charge is 0.495 e. The zero-order valence-corrected chi connectivity index (χ0v) is 16.7. The summed E-state index contributed by atoms with van der Waals surface area (Å²) in [6.45, 7) is 2.53. The van der Waals surface area contributed by atoms with Crippen LogP contribution in [0.1, 0.15) is 0 Å². The Bertz CT molecular complexity index is 986. The Morgan fingerprint density at radius 3 is 2.52 bits per heavy atom. The van der Waals surface area contributed by atoms with Crippen LogP contribution < -0.4 is 15.0 Å². The number of hydrogen-bond donors (Lipinski definition) is 1. The molecule has 150 valence electrons. The molecule has 0 radical (unpaired) electrons. The van der Waals surface area contributed by atoms with Crippen molar-refractivity contribution in [2.45, 2.75) is 0 Å². The number of aromatic nitrogens is 3. The molecular weight excluding hydrogens is 392 g/mol. The molecule has 0 atom stereocenters. The summed E-state index contributed by atoms with van der Waals surface area (Å²) in [6, 6.07) is 10.8. The standard InChI is InChI=1S/C20H21ClN6O2/c1-29-17-5-4-15(21)12-16(17)24-20(28)27-10-8-26(9-11-27)19-13-18(22-14-23-19)25-6-2-3-7-25/h2-7,12-14H,8-11H2,1H3,(H,24,28). The SMILES string of the molecule is COc1ccc(Cl)cc1NC(=O)N1CCN(c2cc(-n3cccc3)ncn2)CC1. The summed E-state index contributed by atoms with van der Waals surface area (Å²) in [5.74, 6) is 2.23. The average Bonchev–Trinajstić information content (AvgIpc) is 3.29. The summed E-state index contributed by atoms with van der Waals surface area (Å²) >= 11 is 6.04. The zero-order chi connectivity index (χ0) is 20.2. The third-order valence-corrected chi connectivity index (χ3v) is 5.04. The second-order valence-corrected chi connectivity index (χ2v) is 7.01. The number of halogens is 1. The highest BCUT2D eigenvalue weighted by atomic mass is 35.5. The fourth-order valence-electron chi connectivity index (χ4n) is 3.25. The third-order valence-electron chi connectivity index (χ3n) is 4.80. The molecule has 8 nitrogen and oxygen atoms in total. The van der Waals surface area contributed by atoms with Crippen LogP contribution in [-0.2, 0) is 0 Å². The first-order chi connectivity index (χ1) is 14.1. The molecule has 1 aliphatic heterocycles. The number of carbonyl (C=O) groups excluding carboxylic acids is 1. The van der Waals surface area contributed by atoms with Crippen LogP contribution in [0.3, 0.4) is 0 Å². The highest BCUT2D eigenvalue weighted by molar-refractivity contribution is 6.31. The number of anilines is 2. The Balaban J connectivity index is 1.39. The first-order valence-electron chi connectivity index (χ1n) is 9.24. The number of nitrogens with zero attached hydrogens (tertiary/aromatic N) is 5. The van der Waals surface area contributed by atoms with E-state index in [4.69, 9.17) is 16.3 Å². The molecule has 29 heavy (non-hydrogen) atoms. The van der Waals surface area contributed by atoms with E-state index < -0.39 is 0 Å². The lowest BCUT2D eigenvalue weighted by Gasteiger charge is -2.35. The molecular formula is C20H21ClN6O2. The van der Waals surface area contributed by atoms with Crippen molar-refractivity contribution in [3.8, 4) is 11.6 Å². The van der Waals surface area contributed by atoms with Gasteiger partial charge in [0.05, 0.1) is 12.8 Å². The average molecular weight is 413 g/mol. The van der Waals surface area contributed by atoms with Crippen LogP contribution in [0.25, 0.3) is 5.82 Å². The Morgan fingerprint density at radius 2 is 1.79 bits per heavy atom. The van der Waals surface area contributed by atoms with E-state index in [9.17, 15) is 4.79 Å². The van der Waals surface area contributed by atoms with Gasteiger partial charge in [-0.2, -0.15) is 0 Å². The minimum Gasteiger partial charge on any atom is -0.495 e. The number of ether oxygens (including phenoxy) is 1. The van der Waals surface area contributed by atoms with Crippen molar-refractivity contribution in [1.29, 1.82) is 0 Å². The third kappa shape index (κ3) is 4.27. The van der Waals surface area contributed by atoms with Crippen molar-refractivity contribution in [2.24, 2.45) is 0 Å². The molecule has 0 spiro atoms. The highest BCUT2D eigenvalue weighted by Crippen LogP contribution is 2.28. The van der Waals surface area contributed by atoms with Gasteiger partial charge in [-0.25, -0.2) is 14.8 Å². The summed E-state index contributed by atoms with van der Waals surface area (Å²) in [7, 11) is 1.56. The summed E-state index contributed by atoms with van der Waals surface area (Å²) < 4.78 is 7.23. The molecule has 3 aromatic rings. The lowest BCUT2D eigenvalue weighted by Crippen LogP contribution is -2.50. The molecule has 1 aromatic carbocycles. The van der Waals surface area contributed by atoms with Crippen molar-refractivity contribution in [2.75, 3.05) is 43.5 Å². The molecule has 2 amide bonds. The number of urea groups is 1. The van der Waals surface area contributed by atoms with Crippen LogP contribution in [0.4, 0.5) is 16.3 Å². The van der Waals surface area contributed by atoms with E-state index in [1.165, 1.54) is 0 Å². The smallest absolute Gasteiger partial charge is 0.322 e. The molecule has 9 heteroatoms. The van der Waals surface area contributed by atoms with Crippen LogP contribution in [-0.4, -0.2) is 58.8 Å². The van der Waals surface area contributed by atoms with Crippen molar-refractivity contribution in [3.63, 3.8) is 0 Å². The molecule has 1 aliphatic rings. The molecule has 0 saturated carbocycles. The second kappa shape index (κ2) is 8.40. The first-order valence-corrected chi connectivity index (χ1v) is 9.61. The lowest BCUT2D eigenvalue weighted by molar-refractivity contribution is 0.208. The Kier molecular flexibility index (Phi) is 5.53. The fourth-order valence-corrected chi connectivity index (χ4v) is 3.42. The van der Waals surface area contributed by atoms with Gasteiger partial charge < -0.3 is 24.4 Å². The topological polar surface area (TPSA) is 75.5 Å². The number of carbonyl (C=O) groups is 1. The van der Waals surface area contributed by atoms with E-state index in [0.29, 0.717) is 42.6 Å². The monoisotopic (exact) mass is 412 g/mol. The van der Waals surface area contributed by atoms with Gasteiger partial charge in [0.15, 0.2) is 0 Å². The second-order valence-electron chi connectivity index (χ2n) is 6.57. The number of benzene rings is 1. The number of rotatable bonds is 4. The maximum Gasteiger partial charge on any atom is 0.322 e. The predicted molar refractivity (Wildman–Crippen MR) is 112 cm³/mol. The van der Waals surface area contributed by atoms with Crippen molar-refractivity contribution < 1.29 is 9.53 Å². The fraction of sp³-hybridized carbons (Fsp3) is 0.250. The normalized spacial score (nSPS) is 14.0. The van der Waals surface area contributed by atoms with Gasteiger partial charge in [0.2, 0.25) is 0 Å². The maximum atomic E-state index is 12.7. The predicted octanol–water partition coefficient (Wildman–Crippen LogP) is 3.28. The van der Waals surface area contributed by atoms with Gasteiger partial charge in [-0.3, -0.25) is 0 Å². The summed E-state index contributed by atoms with van der Waals surface area (Å²) in [5.41, 5.74) is 0.555. The van der Waals surface area contributed by atoms with Crippen LogP contribution in [0.15, 0.2) is 55.1 Å². The van der Waals surface area contributed by atoms with Crippen molar-refractivity contribution >= 4 is 29.1 Å². The van der Waals surface area contributed by atoms with Crippen LogP contribution >= 0.6 is 11.6 Å². The van der Waals surface area contributed by atoms with E-state index in [0.717, 1.165) is 11.6 Å². The molecule has 1 N–H and O–H groups in total. The molecule has 0 aliphatic carbocycles. The summed E-state index contributed by atoms with van der Waals surface area (Å²) in [6.07, 6.45) is 5.45. The van der Waals surface area contributed by atoms with Crippen molar-refractivity contribution in [1.82, 2.24) is 19.4 Å². The maximum absolute atomic E-state index is 12.7. The van der Waals surface area contributed by atoms with E-state index in [2.05, 4.69) is 20.2 Å². The Labute approximate surface area is 173 Å². The number of nitrogens with one attached hydrogen (secondary N) is 1. The molecule has 3 heterocycles. The van der Waals surface area contributed by atoms with E-state index in [-0.39, 0.29) is 6.03 Å². The highest BCUT2D eigenvalue weighted by Gasteiger charge is 2.23. The zero-order valence-electron chi connectivity index (χ0n) is 16.0. The van der Waals surface area contributed by atoms with Gasteiger partial charge >= 0.3 is 6.03 Å². The van der Waals surface area contributed by atoms with Gasteiger partial charge in [-0.05, 0) is 30.3 Å². The Morgan fingerprint density at radius 1 is 1.07 bits per heavy atom. The lowest BCUT2D eigenvalue weighted by atomic mass is 10.3. The first kappa shape index (κ1) is 19.1. The number of amides is 2. The summed E-state index contributed by atoms with van der Waals surface area (Å²) in [4.78, 5) is 25.3. The summed E-state index contributed by atoms with van der Waals surface area (Å²) in [5, 5.41) is 3.42. The number of methoxy groups -OCH3 is 1. The van der Waals surface area contributed by atoms with E-state index in [1.54, 1.807) is 36.5 Å². The van der Waals surface area contributed by atoms with E-state index >= 15 is 0 Å². The van der Waals surface area contributed by atoms with Gasteiger partial charge in [0.1, 0.15) is 23.7 Å². The van der Waals surface area contributed by atoms with Crippen LogP contribution in [0.5, 0.6) is 5.75 Å². The number of hydrogen-bond acceptors (Lipinski definition) is 5. The van der Waals surface area contributed by atoms with Crippen LogP contribution in [0, 0.1) is 0 Å². The molecule has 0 unspecified atom stereocenters. The van der Waals surface area contributed by atoms with Gasteiger partial charge in [-0.15, -0.1) is 0 Å². The number of piperazine rings is 1. The molecule has 1 saturated heterocycles. The molecule has 1 fully saturated rings. The van der Waals surface area contributed by atoms with Gasteiger partial charge in [-0.1, -0.05) is 11.6 Å². The molecule has 0 bridgehead atoms. The minimum absolute atomic E-state index is 0.180. The van der Waals surface area contributed by atoms with Gasteiger partial charge in [0, 0.05) is 49.7 Å². The quantitative estimate of drug-likeness (QED) is 0.711. The van der Waals surface area contributed by atoms with E-state index in [1.807, 2.05) is 35.2 Å². The Hall–Kier alpha value is -3.26. The molecule has 4 rings (SSSR count). The molecule has 2 aromatic heterocycles. The minimum atomic E-state index is -0.180. The van der Waals surface area contributed by atoms with Crippen molar-refractivity contribution in [3.05, 3.63) is 60.1 Å². The van der Waals surface area contributed by atoms with Gasteiger partial charge in [0.25, 0.3) is 0 Å².